The Bertz CT molecular complexity index is 1040. The van der Waals surface area contributed by atoms with E-state index < -0.39 is 11.7 Å². The van der Waals surface area contributed by atoms with Gasteiger partial charge in [0.2, 0.25) is 0 Å². The van der Waals surface area contributed by atoms with Gasteiger partial charge in [0, 0.05) is 18.0 Å². The van der Waals surface area contributed by atoms with E-state index in [2.05, 4.69) is 5.32 Å². The Morgan fingerprint density at radius 3 is 2.21 bits per heavy atom. The Morgan fingerprint density at radius 1 is 0.964 bits per heavy atom. The molecular weight excluding hydrogens is 369 g/mol. The second-order valence-electron chi connectivity index (χ2n) is 6.40. The molecule has 0 bridgehead atoms. The zero-order valence-electron chi connectivity index (χ0n) is 15.0. The molecule has 144 valence electrons. The van der Waals surface area contributed by atoms with Gasteiger partial charge in [0.15, 0.2) is 0 Å². The lowest BCUT2D eigenvalue weighted by molar-refractivity contribution is -0.137. The molecule has 0 aliphatic rings. The van der Waals surface area contributed by atoms with E-state index in [1.807, 2.05) is 19.1 Å². The third-order valence-electron chi connectivity index (χ3n) is 4.19. The number of alkyl halides is 3. The number of benzene rings is 2. The highest BCUT2D eigenvalue weighted by atomic mass is 19.4. The zero-order valence-corrected chi connectivity index (χ0v) is 15.0. The first kappa shape index (κ1) is 19.4. The molecule has 0 atom stereocenters. The molecular formula is C21H17F3N2O2. The Hall–Kier alpha value is -3.35. The van der Waals surface area contributed by atoms with Crippen LogP contribution in [-0.2, 0) is 12.7 Å². The van der Waals surface area contributed by atoms with E-state index in [1.165, 1.54) is 35.0 Å². The average Bonchev–Trinajstić information content (AvgIpc) is 2.65. The maximum Gasteiger partial charge on any atom is 0.416 e. The zero-order chi connectivity index (χ0) is 20.3. The van der Waals surface area contributed by atoms with E-state index in [0.29, 0.717) is 11.3 Å². The van der Waals surface area contributed by atoms with Crippen molar-refractivity contribution in [1.29, 1.82) is 0 Å². The molecule has 0 spiro atoms. The molecule has 3 aromatic rings. The van der Waals surface area contributed by atoms with E-state index >= 15 is 0 Å². The predicted octanol–water partition coefficient (Wildman–Crippen LogP) is 4.48. The smallest absolute Gasteiger partial charge is 0.322 e. The molecule has 0 saturated heterocycles. The number of rotatable bonds is 4. The van der Waals surface area contributed by atoms with Crippen LogP contribution in [0.1, 0.15) is 27.0 Å². The lowest BCUT2D eigenvalue weighted by atomic mass is 10.1. The second-order valence-corrected chi connectivity index (χ2v) is 6.40. The lowest BCUT2D eigenvalue weighted by Crippen LogP contribution is -2.22. The quantitative estimate of drug-likeness (QED) is 0.719. The predicted molar refractivity (Wildman–Crippen MR) is 100 cm³/mol. The van der Waals surface area contributed by atoms with Crippen LogP contribution in [0, 0.1) is 6.92 Å². The van der Waals surface area contributed by atoms with Crippen LogP contribution < -0.4 is 10.9 Å². The van der Waals surface area contributed by atoms with Crippen molar-refractivity contribution in [1.82, 2.24) is 4.57 Å². The topological polar surface area (TPSA) is 51.1 Å². The van der Waals surface area contributed by atoms with Gasteiger partial charge in [-0.15, -0.1) is 0 Å². The van der Waals surface area contributed by atoms with Crippen LogP contribution in [0.25, 0.3) is 0 Å². The maximum atomic E-state index is 12.7. The van der Waals surface area contributed by atoms with E-state index in [-0.39, 0.29) is 23.6 Å². The molecule has 3 rings (SSSR count). The lowest BCUT2D eigenvalue weighted by Gasteiger charge is -2.11. The molecule has 4 nitrogen and oxygen atoms in total. The van der Waals surface area contributed by atoms with Gasteiger partial charge in [0.05, 0.1) is 17.7 Å². The molecule has 0 fully saturated rings. The number of nitrogens with zero attached hydrogens (tertiary/aromatic N) is 1. The number of nitrogens with one attached hydrogen (secondary N) is 1. The first-order chi connectivity index (χ1) is 13.2. The highest BCUT2D eigenvalue weighted by Gasteiger charge is 2.29. The largest absolute Gasteiger partial charge is 0.416 e. The minimum absolute atomic E-state index is 0.0582. The van der Waals surface area contributed by atoms with Crippen molar-refractivity contribution in [2.75, 3.05) is 5.32 Å². The molecule has 0 radical (unpaired) electrons. The summed E-state index contributed by atoms with van der Waals surface area (Å²) in [7, 11) is 0. The van der Waals surface area contributed by atoms with Gasteiger partial charge in [-0.3, -0.25) is 9.59 Å². The summed E-state index contributed by atoms with van der Waals surface area (Å²) in [6.07, 6.45) is -3.02. The number of carbonyl (C=O) groups excluding carboxylic acids is 1. The fourth-order valence-corrected chi connectivity index (χ4v) is 2.63. The minimum atomic E-state index is -4.41. The van der Waals surface area contributed by atoms with E-state index in [0.717, 1.165) is 17.7 Å². The number of aromatic nitrogens is 1. The summed E-state index contributed by atoms with van der Waals surface area (Å²) in [5, 5.41) is 2.74. The number of halogens is 3. The van der Waals surface area contributed by atoms with Gasteiger partial charge in [-0.05, 0) is 42.8 Å². The van der Waals surface area contributed by atoms with Crippen LogP contribution >= 0.6 is 0 Å². The number of pyridine rings is 1. The fraction of sp³-hybridized carbons (Fsp3) is 0.143. The third-order valence-corrected chi connectivity index (χ3v) is 4.19. The number of hydrogen-bond donors (Lipinski definition) is 1. The molecule has 28 heavy (non-hydrogen) atoms. The molecule has 1 aromatic heterocycles. The Kier molecular flexibility index (Phi) is 5.35. The molecule has 0 aliphatic heterocycles. The molecule has 0 aliphatic carbocycles. The van der Waals surface area contributed by atoms with Crippen LogP contribution in [0.3, 0.4) is 0 Å². The molecule has 1 heterocycles. The summed E-state index contributed by atoms with van der Waals surface area (Å²) >= 11 is 0. The molecule has 2 aromatic carbocycles. The monoisotopic (exact) mass is 386 g/mol. The molecule has 1 amide bonds. The summed E-state index contributed by atoms with van der Waals surface area (Å²) in [5.74, 6) is -0.384. The average molecular weight is 386 g/mol. The third kappa shape index (κ3) is 4.68. The van der Waals surface area contributed by atoms with Crippen LogP contribution in [-0.4, -0.2) is 10.5 Å². The minimum Gasteiger partial charge on any atom is -0.322 e. The summed E-state index contributed by atoms with van der Waals surface area (Å²) in [6.45, 7) is 1.99. The molecule has 0 unspecified atom stereocenters. The number of aryl methyl sites for hydroxylation is 1. The van der Waals surface area contributed by atoms with Crippen molar-refractivity contribution < 1.29 is 18.0 Å². The summed E-state index contributed by atoms with van der Waals surface area (Å²) in [5.41, 5.74) is 1.36. The van der Waals surface area contributed by atoms with E-state index in [4.69, 9.17) is 0 Å². The standard InChI is InChI=1S/C21H17F3N2O2/c1-14-2-9-18(10-3-14)25-20(28)16-6-11-19(27)26(13-16)12-15-4-7-17(8-5-15)21(22,23)24/h2-11,13H,12H2,1H3,(H,25,28). The van der Waals surface area contributed by atoms with Crippen LogP contribution in [0.15, 0.2) is 71.7 Å². The number of hydrogen-bond acceptors (Lipinski definition) is 2. The highest BCUT2D eigenvalue weighted by Crippen LogP contribution is 2.29. The first-order valence-corrected chi connectivity index (χ1v) is 8.47. The van der Waals surface area contributed by atoms with E-state index in [9.17, 15) is 22.8 Å². The molecule has 1 N–H and O–H groups in total. The van der Waals surface area contributed by atoms with Crippen molar-refractivity contribution in [2.45, 2.75) is 19.6 Å². The number of carbonyl (C=O) groups is 1. The van der Waals surface area contributed by atoms with Crippen molar-refractivity contribution in [3.8, 4) is 0 Å². The van der Waals surface area contributed by atoms with Crippen LogP contribution in [0.2, 0.25) is 0 Å². The summed E-state index contributed by atoms with van der Waals surface area (Å²) < 4.78 is 39.2. The van der Waals surface area contributed by atoms with Crippen molar-refractivity contribution >= 4 is 11.6 Å². The van der Waals surface area contributed by atoms with Crippen molar-refractivity contribution in [3.63, 3.8) is 0 Å². The van der Waals surface area contributed by atoms with Crippen LogP contribution in [0.5, 0.6) is 0 Å². The maximum absolute atomic E-state index is 12.7. The van der Waals surface area contributed by atoms with Gasteiger partial charge in [0.25, 0.3) is 11.5 Å². The van der Waals surface area contributed by atoms with Gasteiger partial charge in [-0.1, -0.05) is 29.8 Å². The fourth-order valence-electron chi connectivity index (χ4n) is 2.63. The van der Waals surface area contributed by atoms with E-state index in [1.54, 1.807) is 12.1 Å². The molecule has 0 saturated carbocycles. The van der Waals surface area contributed by atoms with Gasteiger partial charge in [0.1, 0.15) is 0 Å². The Labute approximate surface area is 159 Å². The summed E-state index contributed by atoms with van der Waals surface area (Å²) in [4.78, 5) is 24.5. The highest BCUT2D eigenvalue weighted by molar-refractivity contribution is 6.04. The van der Waals surface area contributed by atoms with Gasteiger partial charge >= 0.3 is 6.18 Å². The second kappa shape index (κ2) is 7.72. The Morgan fingerprint density at radius 2 is 1.61 bits per heavy atom. The van der Waals surface area contributed by atoms with Crippen molar-refractivity contribution in [2.24, 2.45) is 0 Å². The normalized spacial score (nSPS) is 11.3. The molecule has 7 heteroatoms. The van der Waals surface area contributed by atoms with Gasteiger partial charge < -0.3 is 9.88 Å². The summed E-state index contributed by atoms with van der Waals surface area (Å²) in [6, 6.07) is 14.5. The van der Waals surface area contributed by atoms with Gasteiger partial charge in [-0.25, -0.2) is 0 Å². The van der Waals surface area contributed by atoms with Crippen molar-refractivity contribution in [3.05, 3.63) is 99.5 Å². The Balaban J connectivity index is 1.78. The van der Waals surface area contributed by atoms with Gasteiger partial charge in [-0.2, -0.15) is 13.2 Å². The number of anilines is 1. The SMILES string of the molecule is Cc1ccc(NC(=O)c2ccc(=O)n(Cc3ccc(C(F)(F)F)cc3)c2)cc1. The first-order valence-electron chi connectivity index (χ1n) is 8.47. The van der Waals surface area contributed by atoms with Crippen LogP contribution in [0.4, 0.5) is 18.9 Å². The number of amides is 1.